The van der Waals surface area contributed by atoms with Gasteiger partial charge in [0.1, 0.15) is 12.9 Å². The van der Waals surface area contributed by atoms with Crippen LogP contribution in [0.5, 0.6) is 5.75 Å². The zero-order valence-electron chi connectivity index (χ0n) is 17.8. The first kappa shape index (κ1) is 20.6. The van der Waals surface area contributed by atoms with E-state index in [1.807, 2.05) is 6.20 Å². The van der Waals surface area contributed by atoms with Gasteiger partial charge in [-0.1, -0.05) is 0 Å². The SMILES string of the molecule is O=C(Nc1ccc(OCCNCC2CC2)c(F)c1)c1c[nH]c2c1-c1ncncc1CCC2. The van der Waals surface area contributed by atoms with Crippen molar-refractivity contribution in [3.8, 4) is 17.0 Å². The molecule has 7 nitrogen and oxygen atoms in total. The van der Waals surface area contributed by atoms with E-state index in [1.54, 1.807) is 18.3 Å². The Labute approximate surface area is 185 Å². The number of H-pyrrole nitrogens is 1. The zero-order valence-corrected chi connectivity index (χ0v) is 17.8. The van der Waals surface area contributed by atoms with Crippen LogP contribution in [-0.4, -0.2) is 40.6 Å². The normalized spacial score (nSPS) is 14.9. The van der Waals surface area contributed by atoms with Crippen molar-refractivity contribution in [3.63, 3.8) is 0 Å². The summed E-state index contributed by atoms with van der Waals surface area (Å²) in [6.45, 7) is 2.07. The number of fused-ring (bicyclic) bond motifs is 3. The maximum Gasteiger partial charge on any atom is 0.257 e. The molecule has 2 aliphatic carbocycles. The lowest BCUT2D eigenvalue weighted by atomic mass is 10.0. The Kier molecular flexibility index (Phi) is 5.85. The number of aromatic nitrogens is 3. The van der Waals surface area contributed by atoms with E-state index in [0.717, 1.165) is 54.2 Å². The van der Waals surface area contributed by atoms with Crippen LogP contribution in [0.3, 0.4) is 0 Å². The van der Waals surface area contributed by atoms with E-state index in [4.69, 9.17) is 4.74 Å². The number of nitrogens with one attached hydrogen (secondary N) is 3. The summed E-state index contributed by atoms with van der Waals surface area (Å²) in [4.78, 5) is 24.8. The molecule has 1 fully saturated rings. The van der Waals surface area contributed by atoms with Crippen molar-refractivity contribution < 1.29 is 13.9 Å². The zero-order chi connectivity index (χ0) is 21.9. The molecule has 0 atom stereocenters. The van der Waals surface area contributed by atoms with Crippen LogP contribution in [0.2, 0.25) is 0 Å². The van der Waals surface area contributed by atoms with Gasteiger partial charge in [0.05, 0.1) is 11.3 Å². The summed E-state index contributed by atoms with van der Waals surface area (Å²) in [5.74, 6) is 0.158. The maximum atomic E-state index is 14.5. The topological polar surface area (TPSA) is 91.9 Å². The molecule has 3 N–H and O–H groups in total. The van der Waals surface area contributed by atoms with Gasteiger partial charge in [0.15, 0.2) is 11.6 Å². The number of carbonyl (C=O) groups is 1. The molecule has 0 spiro atoms. The van der Waals surface area contributed by atoms with Gasteiger partial charge in [-0.3, -0.25) is 4.79 Å². The average Bonchev–Trinajstić information content (AvgIpc) is 3.56. The minimum Gasteiger partial charge on any atom is -0.489 e. The molecule has 2 heterocycles. The Morgan fingerprint density at radius 1 is 1.28 bits per heavy atom. The van der Waals surface area contributed by atoms with Gasteiger partial charge in [-0.2, -0.15) is 0 Å². The molecule has 166 valence electrons. The van der Waals surface area contributed by atoms with Gasteiger partial charge in [-0.15, -0.1) is 0 Å². The molecule has 2 aliphatic rings. The highest BCUT2D eigenvalue weighted by molar-refractivity contribution is 6.09. The van der Waals surface area contributed by atoms with E-state index in [2.05, 4.69) is 25.6 Å². The predicted molar refractivity (Wildman–Crippen MR) is 119 cm³/mol. The van der Waals surface area contributed by atoms with Gasteiger partial charge in [-0.05, 0) is 62.3 Å². The second-order valence-corrected chi connectivity index (χ2v) is 8.40. The fourth-order valence-corrected chi connectivity index (χ4v) is 4.09. The van der Waals surface area contributed by atoms with E-state index >= 15 is 0 Å². The largest absolute Gasteiger partial charge is 0.489 e. The number of carbonyl (C=O) groups excluding carboxylic acids is 1. The summed E-state index contributed by atoms with van der Waals surface area (Å²) >= 11 is 0. The molecule has 0 bridgehead atoms. The molecule has 32 heavy (non-hydrogen) atoms. The number of aryl methyl sites for hydroxylation is 2. The van der Waals surface area contributed by atoms with E-state index in [9.17, 15) is 9.18 Å². The molecular weight excluding hydrogens is 409 g/mol. The van der Waals surface area contributed by atoms with E-state index < -0.39 is 5.82 Å². The van der Waals surface area contributed by atoms with Crippen LogP contribution in [0.25, 0.3) is 11.3 Å². The lowest BCUT2D eigenvalue weighted by Gasteiger charge is -2.11. The van der Waals surface area contributed by atoms with Gasteiger partial charge in [0, 0.05) is 41.9 Å². The highest BCUT2D eigenvalue weighted by Gasteiger charge is 2.24. The van der Waals surface area contributed by atoms with Crippen LogP contribution >= 0.6 is 0 Å². The van der Waals surface area contributed by atoms with Gasteiger partial charge in [0.25, 0.3) is 5.91 Å². The summed E-state index contributed by atoms with van der Waals surface area (Å²) in [7, 11) is 0. The molecule has 0 radical (unpaired) electrons. The third-order valence-electron chi connectivity index (χ3n) is 5.96. The summed E-state index contributed by atoms with van der Waals surface area (Å²) < 4.78 is 20.0. The summed E-state index contributed by atoms with van der Waals surface area (Å²) in [6.07, 6.45) is 10.2. The molecule has 0 unspecified atom stereocenters. The molecule has 1 saturated carbocycles. The summed E-state index contributed by atoms with van der Waals surface area (Å²) in [5, 5.41) is 6.11. The van der Waals surface area contributed by atoms with Crippen LogP contribution in [0.4, 0.5) is 10.1 Å². The van der Waals surface area contributed by atoms with Crippen molar-refractivity contribution in [2.75, 3.05) is 25.0 Å². The number of hydrogen-bond acceptors (Lipinski definition) is 5. The van der Waals surface area contributed by atoms with Gasteiger partial charge in [-0.25, -0.2) is 14.4 Å². The lowest BCUT2D eigenvalue weighted by molar-refractivity contribution is 0.102. The third kappa shape index (κ3) is 4.50. The van der Waals surface area contributed by atoms with Crippen LogP contribution in [-0.2, 0) is 12.8 Å². The minimum atomic E-state index is -0.504. The number of anilines is 1. The van der Waals surface area contributed by atoms with E-state index in [1.165, 1.54) is 25.2 Å². The lowest BCUT2D eigenvalue weighted by Crippen LogP contribution is -2.23. The second-order valence-electron chi connectivity index (χ2n) is 8.40. The fourth-order valence-electron chi connectivity index (χ4n) is 4.09. The highest BCUT2D eigenvalue weighted by Crippen LogP contribution is 2.33. The number of amides is 1. The number of ether oxygens (including phenoxy) is 1. The Hall–Kier alpha value is -3.26. The first-order chi connectivity index (χ1) is 15.7. The molecule has 0 saturated heterocycles. The van der Waals surface area contributed by atoms with Crippen molar-refractivity contribution in [2.45, 2.75) is 32.1 Å². The van der Waals surface area contributed by atoms with E-state index in [-0.39, 0.29) is 11.7 Å². The molecule has 1 aromatic carbocycles. The molecular formula is C24H26FN5O2. The summed E-state index contributed by atoms with van der Waals surface area (Å²) in [5.41, 5.74) is 4.46. The minimum absolute atomic E-state index is 0.178. The Morgan fingerprint density at radius 2 is 2.19 bits per heavy atom. The van der Waals surface area contributed by atoms with Crippen LogP contribution in [0, 0.1) is 11.7 Å². The van der Waals surface area contributed by atoms with Crippen molar-refractivity contribution in [2.24, 2.45) is 5.92 Å². The number of rotatable bonds is 8. The monoisotopic (exact) mass is 435 g/mol. The number of aromatic amines is 1. The Morgan fingerprint density at radius 3 is 3.03 bits per heavy atom. The van der Waals surface area contributed by atoms with Crippen LogP contribution in [0.1, 0.15) is 40.9 Å². The molecule has 2 aromatic heterocycles. The van der Waals surface area contributed by atoms with Crippen LogP contribution in [0.15, 0.2) is 36.9 Å². The Balaban J connectivity index is 1.26. The first-order valence-electron chi connectivity index (χ1n) is 11.1. The molecule has 0 aliphatic heterocycles. The van der Waals surface area contributed by atoms with Crippen LogP contribution < -0.4 is 15.4 Å². The Bertz CT molecular complexity index is 1130. The number of nitrogens with zero attached hydrogens (tertiary/aromatic N) is 2. The van der Waals surface area contributed by atoms with E-state index in [0.29, 0.717) is 24.4 Å². The number of hydrogen-bond donors (Lipinski definition) is 3. The van der Waals surface area contributed by atoms with Crippen molar-refractivity contribution in [1.29, 1.82) is 0 Å². The van der Waals surface area contributed by atoms with Crippen molar-refractivity contribution in [3.05, 3.63) is 59.6 Å². The average molecular weight is 436 g/mol. The maximum absolute atomic E-state index is 14.5. The molecule has 5 rings (SSSR count). The molecule has 8 heteroatoms. The van der Waals surface area contributed by atoms with Crippen molar-refractivity contribution >= 4 is 11.6 Å². The predicted octanol–water partition coefficient (Wildman–Crippen LogP) is 3.73. The van der Waals surface area contributed by atoms with Gasteiger partial charge >= 0.3 is 0 Å². The fraction of sp³-hybridized carbons (Fsp3) is 0.375. The number of benzene rings is 1. The molecule has 3 aromatic rings. The molecule has 1 amide bonds. The highest BCUT2D eigenvalue weighted by atomic mass is 19.1. The smallest absolute Gasteiger partial charge is 0.257 e. The summed E-state index contributed by atoms with van der Waals surface area (Å²) in [6, 6.07) is 4.48. The first-order valence-corrected chi connectivity index (χ1v) is 11.1. The standard InChI is InChI=1S/C24H26FN5O2/c25-19-10-17(6-7-21(19)32-9-8-26-11-15-4-5-15)30-24(31)18-13-28-20-3-1-2-16-12-27-14-29-23(16)22(18)20/h6-7,10,12-15,26,28H,1-5,8-9,11H2,(H,30,31). The second kappa shape index (κ2) is 9.08. The van der Waals surface area contributed by atoms with Crippen molar-refractivity contribution in [1.82, 2.24) is 20.3 Å². The third-order valence-corrected chi connectivity index (χ3v) is 5.96. The quantitative estimate of drug-likeness (QED) is 0.469. The number of halogens is 1. The van der Waals surface area contributed by atoms with Gasteiger partial charge in [0.2, 0.25) is 0 Å². The van der Waals surface area contributed by atoms with Gasteiger partial charge < -0.3 is 20.4 Å².